The van der Waals surface area contributed by atoms with Crippen molar-refractivity contribution in [2.75, 3.05) is 0 Å². The molecular formula is C13H22O2. The fourth-order valence-corrected chi connectivity index (χ4v) is 1.45. The molecule has 0 aromatic rings. The van der Waals surface area contributed by atoms with Gasteiger partial charge in [-0.1, -0.05) is 31.6 Å². The zero-order valence-corrected chi connectivity index (χ0v) is 10.2. The van der Waals surface area contributed by atoms with E-state index in [4.69, 9.17) is 5.11 Å². The summed E-state index contributed by atoms with van der Waals surface area (Å²) in [5, 5.41) is 8.99. The average Bonchev–Trinajstić information content (AvgIpc) is 2.15. The van der Waals surface area contributed by atoms with Crippen molar-refractivity contribution < 1.29 is 9.90 Å². The molecule has 0 rings (SSSR count). The maximum absolute atomic E-state index is 10.9. The molecule has 86 valence electrons. The first-order valence-electron chi connectivity index (χ1n) is 5.33. The van der Waals surface area contributed by atoms with Gasteiger partial charge in [0.05, 0.1) is 5.92 Å². The molecule has 0 saturated carbocycles. The van der Waals surface area contributed by atoms with E-state index in [1.165, 1.54) is 5.57 Å². The van der Waals surface area contributed by atoms with Crippen LogP contribution in [0.15, 0.2) is 24.3 Å². The van der Waals surface area contributed by atoms with Gasteiger partial charge in [-0.2, -0.15) is 0 Å². The Morgan fingerprint density at radius 1 is 1.53 bits per heavy atom. The summed E-state index contributed by atoms with van der Waals surface area (Å²) in [6, 6.07) is 0. The molecule has 2 atom stereocenters. The standard InChI is InChI=1S/C13H22O2/c1-6-13(5,11(4)12(14)15)9-7-8-10(2)3/h6,8,11H,1,7,9H2,2-5H3,(H,14,15). The average molecular weight is 210 g/mol. The minimum Gasteiger partial charge on any atom is -0.481 e. The maximum atomic E-state index is 10.9. The highest BCUT2D eigenvalue weighted by Crippen LogP contribution is 2.34. The Morgan fingerprint density at radius 3 is 2.40 bits per heavy atom. The Kier molecular flexibility index (Phi) is 5.34. The molecule has 0 aliphatic rings. The number of hydrogen-bond acceptors (Lipinski definition) is 1. The summed E-state index contributed by atoms with van der Waals surface area (Å²) in [4.78, 5) is 10.9. The molecular weight excluding hydrogens is 188 g/mol. The van der Waals surface area contributed by atoms with Crippen LogP contribution in [0.2, 0.25) is 0 Å². The van der Waals surface area contributed by atoms with E-state index in [1.807, 2.05) is 20.8 Å². The van der Waals surface area contributed by atoms with Gasteiger partial charge in [0, 0.05) is 0 Å². The summed E-state index contributed by atoms with van der Waals surface area (Å²) < 4.78 is 0. The van der Waals surface area contributed by atoms with Crippen molar-refractivity contribution >= 4 is 5.97 Å². The summed E-state index contributed by atoms with van der Waals surface area (Å²) >= 11 is 0. The molecule has 1 N–H and O–H groups in total. The van der Waals surface area contributed by atoms with Crippen molar-refractivity contribution in [2.45, 2.75) is 40.5 Å². The van der Waals surface area contributed by atoms with E-state index in [9.17, 15) is 4.79 Å². The molecule has 0 aliphatic heterocycles. The van der Waals surface area contributed by atoms with Crippen LogP contribution in [0.1, 0.15) is 40.5 Å². The van der Waals surface area contributed by atoms with Crippen molar-refractivity contribution in [3.63, 3.8) is 0 Å². The summed E-state index contributed by atoms with van der Waals surface area (Å²) in [5.41, 5.74) is 0.946. The van der Waals surface area contributed by atoms with Crippen LogP contribution in [0.5, 0.6) is 0 Å². The molecule has 2 unspecified atom stereocenters. The fourth-order valence-electron chi connectivity index (χ4n) is 1.45. The SMILES string of the molecule is C=CC(C)(CCC=C(C)C)C(C)C(=O)O. The van der Waals surface area contributed by atoms with Crippen molar-refractivity contribution in [1.82, 2.24) is 0 Å². The predicted molar refractivity (Wildman–Crippen MR) is 63.8 cm³/mol. The monoisotopic (exact) mass is 210 g/mol. The molecule has 0 aromatic heterocycles. The summed E-state index contributed by atoms with van der Waals surface area (Å²) in [6.45, 7) is 11.5. The lowest BCUT2D eigenvalue weighted by molar-refractivity contribution is -0.144. The molecule has 0 aromatic carbocycles. The van der Waals surface area contributed by atoms with Gasteiger partial charge >= 0.3 is 5.97 Å². The van der Waals surface area contributed by atoms with Gasteiger partial charge in [-0.25, -0.2) is 0 Å². The number of carboxylic acids is 1. The van der Waals surface area contributed by atoms with Crippen LogP contribution in [0, 0.1) is 11.3 Å². The van der Waals surface area contributed by atoms with E-state index in [1.54, 1.807) is 13.0 Å². The Labute approximate surface area is 92.7 Å². The Bertz CT molecular complexity index is 262. The highest BCUT2D eigenvalue weighted by molar-refractivity contribution is 5.70. The molecule has 0 heterocycles. The zero-order chi connectivity index (χ0) is 12.1. The van der Waals surface area contributed by atoms with Crippen LogP contribution in [-0.4, -0.2) is 11.1 Å². The van der Waals surface area contributed by atoms with E-state index in [2.05, 4.69) is 12.7 Å². The van der Waals surface area contributed by atoms with Crippen LogP contribution in [0.4, 0.5) is 0 Å². The first-order valence-corrected chi connectivity index (χ1v) is 5.33. The van der Waals surface area contributed by atoms with Crippen LogP contribution in [0.3, 0.4) is 0 Å². The van der Waals surface area contributed by atoms with Crippen LogP contribution >= 0.6 is 0 Å². The van der Waals surface area contributed by atoms with Crippen LogP contribution in [0.25, 0.3) is 0 Å². The van der Waals surface area contributed by atoms with Gasteiger partial charge in [0.1, 0.15) is 0 Å². The second kappa shape index (κ2) is 5.74. The van der Waals surface area contributed by atoms with Crippen molar-refractivity contribution in [2.24, 2.45) is 11.3 Å². The van der Waals surface area contributed by atoms with E-state index < -0.39 is 5.97 Å². The van der Waals surface area contributed by atoms with Gasteiger partial charge in [0.25, 0.3) is 0 Å². The molecule has 0 spiro atoms. The first-order chi connectivity index (χ1) is 6.83. The van der Waals surface area contributed by atoms with Gasteiger partial charge in [-0.15, -0.1) is 6.58 Å². The van der Waals surface area contributed by atoms with E-state index in [-0.39, 0.29) is 11.3 Å². The quantitative estimate of drug-likeness (QED) is 0.679. The molecule has 2 nitrogen and oxygen atoms in total. The number of carbonyl (C=O) groups is 1. The normalized spacial score (nSPS) is 16.3. The van der Waals surface area contributed by atoms with E-state index >= 15 is 0 Å². The predicted octanol–water partition coefficient (Wildman–Crippen LogP) is 3.65. The lowest BCUT2D eigenvalue weighted by Gasteiger charge is -2.29. The zero-order valence-electron chi connectivity index (χ0n) is 10.2. The minimum absolute atomic E-state index is 0.322. The summed E-state index contributed by atoms with van der Waals surface area (Å²) in [6.07, 6.45) is 5.64. The third kappa shape index (κ3) is 4.32. The third-order valence-corrected chi connectivity index (χ3v) is 3.06. The minimum atomic E-state index is -0.755. The molecule has 0 amide bonds. The Balaban J connectivity index is 4.51. The van der Waals surface area contributed by atoms with Crippen molar-refractivity contribution in [3.05, 3.63) is 24.3 Å². The number of rotatable bonds is 6. The lowest BCUT2D eigenvalue weighted by Crippen LogP contribution is -2.29. The first kappa shape index (κ1) is 13.9. The second-order valence-electron chi connectivity index (χ2n) is 4.59. The summed E-state index contributed by atoms with van der Waals surface area (Å²) in [7, 11) is 0. The number of hydrogen-bond donors (Lipinski definition) is 1. The Morgan fingerprint density at radius 2 is 2.07 bits per heavy atom. The van der Waals surface area contributed by atoms with Gasteiger partial charge < -0.3 is 5.11 Å². The molecule has 0 fully saturated rings. The lowest BCUT2D eigenvalue weighted by atomic mass is 9.74. The number of allylic oxidation sites excluding steroid dienone is 3. The summed E-state index contributed by atoms with van der Waals surface area (Å²) in [5.74, 6) is -1.14. The largest absolute Gasteiger partial charge is 0.481 e. The molecule has 15 heavy (non-hydrogen) atoms. The third-order valence-electron chi connectivity index (χ3n) is 3.06. The second-order valence-corrected chi connectivity index (χ2v) is 4.59. The van der Waals surface area contributed by atoms with Gasteiger partial charge in [-0.3, -0.25) is 4.79 Å². The molecule has 0 bridgehead atoms. The Hall–Kier alpha value is -1.05. The maximum Gasteiger partial charge on any atom is 0.307 e. The van der Waals surface area contributed by atoms with Gasteiger partial charge in [0.15, 0.2) is 0 Å². The van der Waals surface area contributed by atoms with E-state index in [0.29, 0.717) is 0 Å². The highest BCUT2D eigenvalue weighted by atomic mass is 16.4. The molecule has 0 radical (unpaired) electrons. The smallest absolute Gasteiger partial charge is 0.307 e. The molecule has 0 aliphatic carbocycles. The van der Waals surface area contributed by atoms with Crippen LogP contribution in [-0.2, 0) is 4.79 Å². The number of carboxylic acid groups (broad SMARTS) is 1. The van der Waals surface area contributed by atoms with Crippen molar-refractivity contribution in [1.29, 1.82) is 0 Å². The van der Waals surface area contributed by atoms with E-state index in [0.717, 1.165) is 12.8 Å². The molecule has 2 heteroatoms. The van der Waals surface area contributed by atoms with Gasteiger partial charge in [0.2, 0.25) is 0 Å². The van der Waals surface area contributed by atoms with Crippen molar-refractivity contribution in [3.8, 4) is 0 Å². The highest BCUT2D eigenvalue weighted by Gasteiger charge is 2.32. The fraction of sp³-hybridized carbons (Fsp3) is 0.615. The molecule has 0 saturated heterocycles. The topological polar surface area (TPSA) is 37.3 Å². The van der Waals surface area contributed by atoms with Gasteiger partial charge in [-0.05, 0) is 32.1 Å². The van der Waals surface area contributed by atoms with Crippen LogP contribution < -0.4 is 0 Å². The number of aliphatic carboxylic acids is 1.